The molecule has 0 amide bonds. The molecule has 3 rings (SSSR count). The molecule has 1 fully saturated rings. The quantitative estimate of drug-likeness (QED) is 0.848. The van der Waals surface area contributed by atoms with Crippen molar-refractivity contribution in [1.29, 1.82) is 0 Å². The zero-order valence-corrected chi connectivity index (χ0v) is 11.7. The summed E-state index contributed by atoms with van der Waals surface area (Å²) in [5, 5.41) is 0.430. The van der Waals surface area contributed by atoms with E-state index >= 15 is 0 Å². The maximum absolute atomic E-state index is 5.73. The van der Waals surface area contributed by atoms with Crippen molar-refractivity contribution in [2.45, 2.75) is 6.54 Å². The molecule has 1 aliphatic heterocycles. The molecule has 0 unspecified atom stereocenters. The summed E-state index contributed by atoms with van der Waals surface area (Å²) in [6.45, 7) is 4.56. The van der Waals surface area contributed by atoms with Crippen LogP contribution in [0.1, 0.15) is 5.69 Å². The molecular formula is C13H15ClN6. The van der Waals surface area contributed by atoms with Crippen LogP contribution in [0.5, 0.6) is 0 Å². The fraction of sp³-hybridized carbons (Fsp3) is 0.385. The van der Waals surface area contributed by atoms with Crippen LogP contribution in [0.3, 0.4) is 0 Å². The molecular weight excluding hydrogens is 276 g/mol. The lowest BCUT2D eigenvalue weighted by molar-refractivity contribution is 0.245. The van der Waals surface area contributed by atoms with Crippen molar-refractivity contribution in [2.24, 2.45) is 0 Å². The van der Waals surface area contributed by atoms with E-state index < -0.39 is 0 Å². The van der Waals surface area contributed by atoms with Gasteiger partial charge in [-0.15, -0.1) is 0 Å². The first-order chi connectivity index (χ1) is 9.81. The number of piperazine rings is 1. The van der Waals surface area contributed by atoms with Gasteiger partial charge in [-0.2, -0.15) is 0 Å². The maximum Gasteiger partial charge on any atom is 0.225 e. The Kier molecular flexibility index (Phi) is 4.03. The zero-order chi connectivity index (χ0) is 13.8. The molecule has 0 aromatic carbocycles. The highest BCUT2D eigenvalue weighted by Gasteiger charge is 2.19. The number of hydrogen-bond donors (Lipinski definition) is 0. The molecule has 20 heavy (non-hydrogen) atoms. The lowest BCUT2D eigenvalue weighted by Crippen LogP contribution is -2.46. The van der Waals surface area contributed by atoms with Gasteiger partial charge in [0.25, 0.3) is 0 Å². The first-order valence-corrected chi connectivity index (χ1v) is 6.90. The molecule has 0 N–H and O–H groups in total. The molecule has 2 aromatic heterocycles. The zero-order valence-electron chi connectivity index (χ0n) is 11.0. The SMILES string of the molecule is Clc1cnc(CN2CCN(c3ncccn3)CC2)cn1. The molecule has 3 heterocycles. The minimum absolute atomic E-state index is 0.430. The first kappa shape index (κ1) is 13.2. The number of nitrogens with zero attached hydrogens (tertiary/aromatic N) is 6. The largest absolute Gasteiger partial charge is 0.338 e. The van der Waals surface area contributed by atoms with Crippen molar-refractivity contribution in [3.05, 3.63) is 41.7 Å². The van der Waals surface area contributed by atoms with Gasteiger partial charge in [-0.3, -0.25) is 9.88 Å². The van der Waals surface area contributed by atoms with Crippen LogP contribution >= 0.6 is 11.6 Å². The average Bonchev–Trinajstić information content (AvgIpc) is 2.51. The molecule has 2 aromatic rings. The van der Waals surface area contributed by atoms with Gasteiger partial charge in [-0.1, -0.05) is 11.6 Å². The summed E-state index contributed by atoms with van der Waals surface area (Å²) in [7, 11) is 0. The second-order valence-corrected chi connectivity index (χ2v) is 5.03. The minimum Gasteiger partial charge on any atom is -0.338 e. The van der Waals surface area contributed by atoms with Crippen LogP contribution in [0.25, 0.3) is 0 Å². The highest BCUT2D eigenvalue weighted by molar-refractivity contribution is 6.29. The summed E-state index contributed by atoms with van der Waals surface area (Å²) in [5.41, 5.74) is 0.943. The standard InChI is InChI=1S/C13H15ClN6/c14-12-9-17-11(8-18-12)10-19-4-6-20(7-5-19)13-15-2-1-3-16-13/h1-3,8-9H,4-7,10H2. The van der Waals surface area contributed by atoms with Gasteiger partial charge in [0, 0.05) is 45.1 Å². The summed E-state index contributed by atoms with van der Waals surface area (Å²) in [4.78, 5) is 21.4. The van der Waals surface area contributed by atoms with Crippen molar-refractivity contribution in [1.82, 2.24) is 24.8 Å². The highest BCUT2D eigenvalue weighted by Crippen LogP contribution is 2.11. The third-order valence-corrected chi connectivity index (χ3v) is 3.46. The Hall–Kier alpha value is -1.79. The number of aromatic nitrogens is 4. The Morgan fingerprint density at radius 1 is 0.950 bits per heavy atom. The molecule has 0 saturated carbocycles. The van der Waals surface area contributed by atoms with E-state index in [1.807, 2.05) is 6.07 Å². The number of halogens is 1. The lowest BCUT2D eigenvalue weighted by Gasteiger charge is -2.34. The first-order valence-electron chi connectivity index (χ1n) is 6.52. The van der Waals surface area contributed by atoms with E-state index in [1.54, 1.807) is 24.8 Å². The smallest absolute Gasteiger partial charge is 0.225 e. The summed E-state index contributed by atoms with van der Waals surface area (Å²) >= 11 is 5.73. The topological polar surface area (TPSA) is 58.0 Å². The van der Waals surface area contributed by atoms with Gasteiger partial charge in [0.1, 0.15) is 5.15 Å². The average molecular weight is 291 g/mol. The van der Waals surface area contributed by atoms with E-state index in [9.17, 15) is 0 Å². The minimum atomic E-state index is 0.430. The van der Waals surface area contributed by atoms with E-state index in [-0.39, 0.29) is 0 Å². The lowest BCUT2D eigenvalue weighted by atomic mass is 10.3. The maximum atomic E-state index is 5.73. The van der Waals surface area contributed by atoms with Crippen LogP contribution < -0.4 is 4.90 Å². The summed E-state index contributed by atoms with van der Waals surface area (Å²) in [5.74, 6) is 0.804. The molecule has 0 atom stereocenters. The number of anilines is 1. The van der Waals surface area contributed by atoms with Crippen molar-refractivity contribution < 1.29 is 0 Å². The Morgan fingerprint density at radius 2 is 1.70 bits per heavy atom. The normalized spacial score (nSPS) is 16.4. The Labute approximate surface area is 122 Å². The van der Waals surface area contributed by atoms with Gasteiger partial charge < -0.3 is 4.90 Å². The molecule has 0 aliphatic carbocycles. The van der Waals surface area contributed by atoms with Crippen LogP contribution in [-0.2, 0) is 6.54 Å². The molecule has 0 bridgehead atoms. The Bertz CT molecular complexity index is 539. The van der Waals surface area contributed by atoms with Gasteiger partial charge in [0.05, 0.1) is 18.1 Å². The molecule has 1 aliphatic rings. The fourth-order valence-corrected chi connectivity index (χ4v) is 2.31. The van der Waals surface area contributed by atoms with Crippen LogP contribution in [0.15, 0.2) is 30.9 Å². The van der Waals surface area contributed by atoms with Crippen molar-refractivity contribution >= 4 is 17.5 Å². The number of rotatable bonds is 3. The fourth-order valence-electron chi connectivity index (χ4n) is 2.21. The van der Waals surface area contributed by atoms with Crippen molar-refractivity contribution in [2.75, 3.05) is 31.1 Å². The van der Waals surface area contributed by atoms with Crippen LogP contribution in [0, 0.1) is 0 Å². The predicted octanol–water partition coefficient (Wildman–Crippen LogP) is 1.24. The van der Waals surface area contributed by atoms with E-state index in [4.69, 9.17) is 11.6 Å². The monoisotopic (exact) mass is 290 g/mol. The van der Waals surface area contributed by atoms with Crippen molar-refractivity contribution in [3.8, 4) is 0 Å². The van der Waals surface area contributed by atoms with E-state index in [0.29, 0.717) is 5.15 Å². The second-order valence-electron chi connectivity index (χ2n) is 4.64. The van der Waals surface area contributed by atoms with Gasteiger partial charge in [-0.25, -0.2) is 15.0 Å². The van der Waals surface area contributed by atoms with Crippen LogP contribution in [0.4, 0.5) is 5.95 Å². The third-order valence-electron chi connectivity index (χ3n) is 3.27. The number of hydrogen-bond acceptors (Lipinski definition) is 6. The van der Waals surface area contributed by atoms with E-state index in [0.717, 1.165) is 44.4 Å². The molecule has 0 radical (unpaired) electrons. The molecule has 0 spiro atoms. The summed E-state index contributed by atoms with van der Waals surface area (Å²) < 4.78 is 0. The third kappa shape index (κ3) is 3.20. The van der Waals surface area contributed by atoms with Crippen LogP contribution in [0.2, 0.25) is 5.15 Å². The van der Waals surface area contributed by atoms with Gasteiger partial charge >= 0.3 is 0 Å². The van der Waals surface area contributed by atoms with Gasteiger partial charge in [0.15, 0.2) is 0 Å². The second kappa shape index (κ2) is 6.11. The Morgan fingerprint density at radius 3 is 2.35 bits per heavy atom. The molecule has 7 heteroatoms. The van der Waals surface area contributed by atoms with E-state index in [2.05, 4.69) is 29.7 Å². The van der Waals surface area contributed by atoms with Gasteiger partial charge in [0.2, 0.25) is 5.95 Å². The van der Waals surface area contributed by atoms with E-state index in [1.165, 1.54) is 0 Å². The molecule has 6 nitrogen and oxygen atoms in total. The summed E-state index contributed by atoms with van der Waals surface area (Å²) in [6, 6.07) is 1.83. The van der Waals surface area contributed by atoms with Crippen molar-refractivity contribution in [3.63, 3.8) is 0 Å². The Balaban J connectivity index is 1.55. The van der Waals surface area contributed by atoms with Crippen LogP contribution in [-0.4, -0.2) is 51.0 Å². The highest BCUT2D eigenvalue weighted by atomic mass is 35.5. The predicted molar refractivity (Wildman–Crippen MR) is 76.6 cm³/mol. The molecule has 1 saturated heterocycles. The molecule has 104 valence electrons. The van der Waals surface area contributed by atoms with Gasteiger partial charge in [-0.05, 0) is 6.07 Å². The summed E-state index contributed by atoms with van der Waals surface area (Å²) in [6.07, 6.45) is 6.87.